The van der Waals surface area contributed by atoms with E-state index in [2.05, 4.69) is 11.9 Å². The van der Waals surface area contributed by atoms with Gasteiger partial charge in [0.1, 0.15) is 17.9 Å². The standard InChI is InChI=1S/C26H25ClN2O3/c1-3-4-6-9-19(2)18-28-25(30)23-16-20-12-13-21(27)17-24(20)29(26(23)31)14-15-32-22-10-7-5-8-11-22/h3-13,16-17H,2,14-15,18H2,1H3,(H,28,30)/b4-3-,9-6-. The number of hydrogen-bond acceptors (Lipinski definition) is 3. The van der Waals surface area contributed by atoms with Crippen LogP contribution >= 0.6 is 11.6 Å². The Kier molecular flexibility index (Phi) is 8.06. The van der Waals surface area contributed by atoms with Crippen LogP contribution in [0.15, 0.2) is 95.8 Å². The van der Waals surface area contributed by atoms with Crippen LogP contribution in [0.3, 0.4) is 0 Å². The first kappa shape index (κ1) is 23.1. The molecule has 3 aromatic rings. The topological polar surface area (TPSA) is 60.3 Å². The first-order chi connectivity index (χ1) is 15.5. The fourth-order valence-electron chi connectivity index (χ4n) is 3.15. The molecule has 0 aliphatic carbocycles. The van der Waals surface area contributed by atoms with E-state index in [1.165, 1.54) is 4.57 Å². The van der Waals surface area contributed by atoms with Gasteiger partial charge in [0.05, 0.1) is 12.1 Å². The van der Waals surface area contributed by atoms with Crippen molar-refractivity contribution in [2.45, 2.75) is 13.5 Å². The molecule has 1 aromatic heterocycles. The van der Waals surface area contributed by atoms with Crippen LogP contribution in [0, 0.1) is 0 Å². The Bertz CT molecular complexity index is 1230. The van der Waals surface area contributed by atoms with Crippen LogP contribution in [0.5, 0.6) is 5.75 Å². The zero-order valence-corrected chi connectivity index (χ0v) is 18.6. The molecule has 1 heterocycles. The van der Waals surface area contributed by atoms with Crippen molar-refractivity contribution in [1.82, 2.24) is 9.88 Å². The van der Waals surface area contributed by atoms with E-state index in [4.69, 9.17) is 16.3 Å². The molecule has 1 N–H and O–H groups in total. The number of allylic oxidation sites excluding steroid dienone is 3. The van der Waals surface area contributed by atoms with Gasteiger partial charge in [-0.1, -0.05) is 66.7 Å². The first-order valence-corrected chi connectivity index (χ1v) is 10.6. The molecule has 5 nitrogen and oxygen atoms in total. The SMILES string of the molecule is C=C(/C=C\C=C/C)CNC(=O)c1cc2ccc(Cl)cc2n(CCOc2ccccc2)c1=O. The molecule has 6 heteroatoms. The zero-order chi connectivity index (χ0) is 22.9. The largest absolute Gasteiger partial charge is 0.492 e. The van der Waals surface area contributed by atoms with Gasteiger partial charge in [0, 0.05) is 11.6 Å². The van der Waals surface area contributed by atoms with Crippen molar-refractivity contribution in [3.63, 3.8) is 0 Å². The molecule has 0 spiro atoms. The van der Waals surface area contributed by atoms with Gasteiger partial charge in [0.25, 0.3) is 11.5 Å². The van der Waals surface area contributed by atoms with Crippen molar-refractivity contribution in [1.29, 1.82) is 0 Å². The maximum Gasteiger partial charge on any atom is 0.264 e. The maximum atomic E-state index is 13.2. The second-order valence-corrected chi connectivity index (χ2v) is 7.54. The van der Waals surface area contributed by atoms with Gasteiger partial charge in [-0.15, -0.1) is 0 Å². The molecule has 3 rings (SSSR count). The summed E-state index contributed by atoms with van der Waals surface area (Å²) in [7, 11) is 0. The van der Waals surface area contributed by atoms with E-state index < -0.39 is 11.5 Å². The van der Waals surface area contributed by atoms with Crippen LogP contribution in [-0.2, 0) is 6.54 Å². The van der Waals surface area contributed by atoms with Crippen LogP contribution in [0.1, 0.15) is 17.3 Å². The number of benzene rings is 2. The molecule has 1 amide bonds. The highest BCUT2D eigenvalue weighted by Gasteiger charge is 2.16. The Morgan fingerprint density at radius 3 is 2.69 bits per heavy atom. The van der Waals surface area contributed by atoms with Crippen LogP contribution in [0.25, 0.3) is 10.9 Å². The smallest absolute Gasteiger partial charge is 0.264 e. The molecule has 0 saturated heterocycles. The van der Waals surface area contributed by atoms with Gasteiger partial charge in [-0.3, -0.25) is 9.59 Å². The molecule has 0 fully saturated rings. The second-order valence-electron chi connectivity index (χ2n) is 7.11. The lowest BCUT2D eigenvalue weighted by atomic mass is 10.1. The summed E-state index contributed by atoms with van der Waals surface area (Å²) >= 11 is 6.17. The van der Waals surface area contributed by atoms with E-state index in [0.29, 0.717) is 16.3 Å². The van der Waals surface area contributed by atoms with Gasteiger partial charge in [-0.2, -0.15) is 0 Å². The monoisotopic (exact) mass is 448 g/mol. The van der Waals surface area contributed by atoms with Gasteiger partial charge in [-0.25, -0.2) is 0 Å². The predicted octanol–water partition coefficient (Wildman–Crippen LogP) is 5.15. The minimum absolute atomic E-state index is 0.0600. The molecule has 0 unspecified atom stereocenters. The summed E-state index contributed by atoms with van der Waals surface area (Å²) in [6.45, 7) is 6.60. The predicted molar refractivity (Wildman–Crippen MR) is 131 cm³/mol. The zero-order valence-electron chi connectivity index (χ0n) is 17.9. The van der Waals surface area contributed by atoms with Gasteiger partial charge in [0.2, 0.25) is 0 Å². The number of nitrogens with one attached hydrogen (secondary N) is 1. The number of pyridine rings is 1. The third kappa shape index (κ3) is 5.99. The molecular weight excluding hydrogens is 424 g/mol. The van der Waals surface area contributed by atoms with Crippen molar-refractivity contribution in [2.75, 3.05) is 13.2 Å². The first-order valence-electron chi connectivity index (χ1n) is 10.3. The van der Waals surface area contributed by atoms with Gasteiger partial charge >= 0.3 is 0 Å². The molecule has 0 radical (unpaired) electrons. The van der Waals surface area contributed by atoms with Crippen LogP contribution < -0.4 is 15.6 Å². The van der Waals surface area contributed by atoms with E-state index in [1.807, 2.05) is 61.6 Å². The number of hydrogen-bond donors (Lipinski definition) is 1. The Labute approximate surface area is 192 Å². The fourth-order valence-corrected chi connectivity index (χ4v) is 3.32. The molecule has 32 heavy (non-hydrogen) atoms. The highest BCUT2D eigenvalue weighted by molar-refractivity contribution is 6.31. The molecular formula is C26H25ClN2O3. The van der Waals surface area contributed by atoms with E-state index in [1.54, 1.807) is 24.3 Å². The van der Waals surface area contributed by atoms with Gasteiger partial charge in [0.15, 0.2) is 0 Å². The number of amides is 1. The number of aromatic nitrogens is 1. The fraction of sp³-hybridized carbons (Fsp3) is 0.154. The minimum Gasteiger partial charge on any atom is -0.492 e. The summed E-state index contributed by atoms with van der Waals surface area (Å²) in [4.78, 5) is 26.0. The Balaban J connectivity index is 1.84. The summed E-state index contributed by atoms with van der Waals surface area (Å²) in [5, 5.41) is 4.02. The lowest BCUT2D eigenvalue weighted by molar-refractivity contribution is 0.0955. The quantitative estimate of drug-likeness (QED) is 0.460. The summed E-state index contributed by atoms with van der Waals surface area (Å²) in [5.74, 6) is 0.256. The van der Waals surface area contributed by atoms with Crippen molar-refractivity contribution < 1.29 is 9.53 Å². The normalized spacial score (nSPS) is 11.3. The van der Waals surface area contributed by atoms with Crippen LogP contribution in [0.2, 0.25) is 5.02 Å². The van der Waals surface area contributed by atoms with Crippen LogP contribution in [0.4, 0.5) is 0 Å². The van der Waals surface area contributed by atoms with E-state index >= 15 is 0 Å². The molecule has 0 saturated carbocycles. The number of carbonyl (C=O) groups excluding carboxylic acids is 1. The third-order valence-corrected chi connectivity index (χ3v) is 4.98. The van der Waals surface area contributed by atoms with E-state index in [0.717, 1.165) is 11.0 Å². The van der Waals surface area contributed by atoms with E-state index in [-0.39, 0.29) is 25.3 Å². The number of nitrogens with zero attached hydrogens (tertiary/aromatic N) is 1. The number of para-hydroxylation sites is 1. The number of ether oxygens (including phenoxy) is 1. The lowest BCUT2D eigenvalue weighted by Gasteiger charge is -2.14. The number of carbonyl (C=O) groups is 1. The van der Waals surface area contributed by atoms with Crippen molar-refractivity contribution >= 4 is 28.4 Å². The second kappa shape index (κ2) is 11.2. The highest BCUT2D eigenvalue weighted by atomic mass is 35.5. The number of halogens is 1. The third-order valence-electron chi connectivity index (χ3n) is 4.74. The Morgan fingerprint density at radius 2 is 1.94 bits per heavy atom. The van der Waals surface area contributed by atoms with Gasteiger partial charge < -0.3 is 14.6 Å². The molecule has 0 atom stereocenters. The molecule has 2 aromatic carbocycles. The average molecular weight is 449 g/mol. The Hall–Kier alpha value is -3.57. The van der Waals surface area contributed by atoms with Crippen molar-refractivity contribution in [3.05, 3.63) is 112 Å². The van der Waals surface area contributed by atoms with Crippen molar-refractivity contribution in [2.24, 2.45) is 0 Å². The van der Waals surface area contributed by atoms with Crippen LogP contribution in [-0.4, -0.2) is 23.6 Å². The van der Waals surface area contributed by atoms with Gasteiger partial charge in [-0.05, 0) is 48.2 Å². The summed E-state index contributed by atoms with van der Waals surface area (Å²) in [6, 6.07) is 16.2. The summed E-state index contributed by atoms with van der Waals surface area (Å²) in [6.07, 6.45) is 7.42. The maximum absolute atomic E-state index is 13.2. The molecule has 0 aliphatic rings. The molecule has 164 valence electrons. The lowest BCUT2D eigenvalue weighted by Crippen LogP contribution is -2.34. The number of rotatable bonds is 9. The minimum atomic E-state index is -0.454. The Morgan fingerprint density at radius 1 is 1.16 bits per heavy atom. The molecule has 0 bridgehead atoms. The van der Waals surface area contributed by atoms with E-state index in [9.17, 15) is 9.59 Å². The summed E-state index contributed by atoms with van der Waals surface area (Å²) in [5.41, 5.74) is 1.03. The summed E-state index contributed by atoms with van der Waals surface area (Å²) < 4.78 is 7.28. The van der Waals surface area contributed by atoms with Crippen molar-refractivity contribution in [3.8, 4) is 5.75 Å². The highest BCUT2D eigenvalue weighted by Crippen LogP contribution is 2.19. The average Bonchev–Trinajstić information content (AvgIpc) is 2.79. The molecule has 0 aliphatic heterocycles. The number of fused-ring (bicyclic) bond motifs is 1.